The summed E-state index contributed by atoms with van der Waals surface area (Å²) in [6, 6.07) is 15.8. The summed E-state index contributed by atoms with van der Waals surface area (Å²) in [5.74, 6) is -1.28. The van der Waals surface area contributed by atoms with Crippen LogP contribution >= 0.6 is 11.8 Å². The summed E-state index contributed by atoms with van der Waals surface area (Å²) in [5.41, 5.74) is 1.73. The summed E-state index contributed by atoms with van der Waals surface area (Å²) in [4.78, 5) is 48.5. The van der Waals surface area contributed by atoms with Gasteiger partial charge in [-0.25, -0.2) is 0 Å². The summed E-state index contributed by atoms with van der Waals surface area (Å²) >= 11 is 1.55. The number of carbonyl (C=O) groups is 3. The van der Waals surface area contributed by atoms with E-state index in [1.807, 2.05) is 86.7 Å². The minimum absolute atomic E-state index is 0.141. The quantitative estimate of drug-likeness (QED) is 0.498. The van der Waals surface area contributed by atoms with Crippen molar-refractivity contribution in [3.8, 4) is 5.75 Å². The van der Waals surface area contributed by atoms with Crippen molar-refractivity contribution in [2.75, 3.05) is 31.2 Å². The van der Waals surface area contributed by atoms with Crippen molar-refractivity contribution in [3.05, 3.63) is 84.5 Å². The Bertz CT molecular complexity index is 1430. The standard InChI is InChI=1S/C33H37N3O5S/c1-4-41-25-14-12-24(13-15-25)35-19-8-16-32(3)26(29(35)38)27-30(39)36(22(2)21-37)28-31(40)34(18-9-17-33(27,28)42-32)20-23-10-6-5-7-11-23/h5-17,22,26-28,37H,4,18-21H2,1-3H3/t22-,26-,27+,28?,32+,33+/m1/s1. The van der Waals surface area contributed by atoms with Gasteiger partial charge >= 0.3 is 0 Å². The molecule has 0 radical (unpaired) electrons. The van der Waals surface area contributed by atoms with Crippen LogP contribution in [0.15, 0.2) is 78.9 Å². The Kier molecular flexibility index (Phi) is 7.43. The van der Waals surface area contributed by atoms with Crippen LogP contribution in [0.2, 0.25) is 0 Å². The normalized spacial score (nSPS) is 31.0. The van der Waals surface area contributed by atoms with Gasteiger partial charge in [0.15, 0.2) is 0 Å². The van der Waals surface area contributed by atoms with Gasteiger partial charge in [-0.15, -0.1) is 11.8 Å². The van der Waals surface area contributed by atoms with E-state index >= 15 is 0 Å². The van der Waals surface area contributed by atoms with Gasteiger partial charge in [-0.05, 0) is 50.6 Å². The Morgan fingerprint density at radius 1 is 0.952 bits per heavy atom. The van der Waals surface area contributed by atoms with Gasteiger partial charge in [-0.3, -0.25) is 14.4 Å². The molecule has 0 saturated carbocycles. The van der Waals surface area contributed by atoms with Gasteiger partial charge in [-0.1, -0.05) is 54.6 Å². The first-order chi connectivity index (χ1) is 20.2. The first-order valence-electron chi connectivity index (χ1n) is 14.6. The second-order valence-electron chi connectivity index (χ2n) is 11.7. The molecule has 1 spiro atoms. The molecule has 220 valence electrons. The van der Waals surface area contributed by atoms with E-state index in [2.05, 4.69) is 6.08 Å². The molecule has 4 aliphatic rings. The maximum absolute atomic E-state index is 14.5. The van der Waals surface area contributed by atoms with Gasteiger partial charge < -0.3 is 24.5 Å². The van der Waals surface area contributed by atoms with Crippen molar-refractivity contribution in [2.24, 2.45) is 11.8 Å². The highest BCUT2D eigenvalue weighted by molar-refractivity contribution is 8.02. The van der Waals surface area contributed by atoms with Crippen molar-refractivity contribution in [3.63, 3.8) is 0 Å². The molecule has 6 atom stereocenters. The third kappa shape index (κ3) is 4.45. The monoisotopic (exact) mass is 587 g/mol. The number of benzene rings is 2. The fraction of sp³-hybridized carbons (Fsp3) is 0.424. The molecule has 4 aliphatic heterocycles. The summed E-state index contributed by atoms with van der Waals surface area (Å²) in [6.07, 6.45) is 8.04. The minimum Gasteiger partial charge on any atom is -0.494 e. The fourth-order valence-corrected chi connectivity index (χ4v) is 9.28. The zero-order valence-corrected chi connectivity index (χ0v) is 25.0. The Morgan fingerprint density at radius 3 is 2.36 bits per heavy atom. The van der Waals surface area contributed by atoms with Gasteiger partial charge in [0.05, 0.1) is 35.8 Å². The van der Waals surface area contributed by atoms with Crippen LogP contribution in [-0.4, -0.2) is 80.5 Å². The molecule has 4 heterocycles. The van der Waals surface area contributed by atoms with Crippen molar-refractivity contribution < 1.29 is 24.2 Å². The highest BCUT2D eigenvalue weighted by Crippen LogP contribution is 2.66. The molecule has 0 aliphatic carbocycles. The number of carbonyl (C=O) groups excluding carboxylic acids is 3. The SMILES string of the molecule is CCOc1ccc(N2CC=C[C@]3(C)S[C@]45C=CCN(Cc6ccccc6)C(=O)C4N([C@H](C)CO)C(=O)[C@@H]5[C@@H]3C2=O)cc1. The van der Waals surface area contributed by atoms with E-state index in [9.17, 15) is 19.5 Å². The van der Waals surface area contributed by atoms with Crippen LogP contribution in [-0.2, 0) is 20.9 Å². The van der Waals surface area contributed by atoms with Crippen LogP contribution in [0.4, 0.5) is 5.69 Å². The number of aliphatic hydroxyl groups excluding tert-OH is 1. The lowest BCUT2D eigenvalue weighted by Gasteiger charge is -2.38. The molecule has 0 bridgehead atoms. The van der Waals surface area contributed by atoms with Gasteiger partial charge in [0.2, 0.25) is 17.7 Å². The van der Waals surface area contributed by atoms with Crippen LogP contribution in [0, 0.1) is 11.8 Å². The molecule has 2 aromatic rings. The summed E-state index contributed by atoms with van der Waals surface area (Å²) in [5, 5.41) is 10.2. The van der Waals surface area contributed by atoms with E-state index in [-0.39, 0.29) is 24.3 Å². The number of anilines is 1. The summed E-state index contributed by atoms with van der Waals surface area (Å²) in [6.45, 7) is 7.16. The lowest BCUT2D eigenvalue weighted by Crippen LogP contribution is -2.56. The molecular formula is C33H37N3O5S. The molecule has 3 amide bonds. The van der Waals surface area contributed by atoms with E-state index in [1.165, 1.54) is 0 Å². The Labute approximate surface area is 251 Å². The van der Waals surface area contributed by atoms with Crippen LogP contribution in [0.5, 0.6) is 5.75 Å². The van der Waals surface area contributed by atoms with E-state index in [1.54, 1.807) is 33.4 Å². The number of ether oxygens (including phenoxy) is 1. The third-order valence-electron chi connectivity index (χ3n) is 8.99. The molecule has 8 nitrogen and oxygen atoms in total. The number of hydrogen-bond donors (Lipinski definition) is 1. The van der Waals surface area contributed by atoms with Gasteiger partial charge in [-0.2, -0.15) is 0 Å². The highest BCUT2D eigenvalue weighted by atomic mass is 32.2. The molecule has 0 aromatic heterocycles. The smallest absolute Gasteiger partial charge is 0.247 e. The largest absolute Gasteiger partial charge is 0.494 e. The highest BCUT2D eigenvalue weighted by Gasteiger charge is 2.74. The van der Waals surface area contributed by atoms with Gasteiger partial charge in [0.1, 0.15) is 11.8 Å². The lowest BCUT2D eigenvalue weighted by molar-refractivity contribution is -0.145. The zero-order chi connectivity index (χ0) is 29.6. The molecule has 42 heavy (non-hydrogen) atoms. The average molecular weight is 588 g/mol. The van der Waals surface area contributed by atoms with Crippen LogP contribution in [0.25, 0.3) is 0 Å². The Morgan fingerprint density at radius 2 is 1.67 bits per heavy atom. The summed E-state index contributed by atoms with van der Waals surface area (Å²) in [7, 11) is 0. The maximum atomic E-state index is 14.5. The lowest BCUT2D eigenvalue weighted by atomic mass is 9.74. The molecule has 6 rings (SSSR count). The molecule has 1 unspecified atom stereocenters. The fourth-order valence-electron chi connectivity index (χ4n) is 7.14. The molecular weight excluding hydrogens is 550 g/mol. The van der Waals surface area contributed by atoms with E-state index < -0.39 is 33.4 Å². The predicted molar refractivity (Wildman–Crippen MR) is 163 cm³/mol. The minimum atomic E-state index is -0.954. The number of aliphatic hydroxyl groups is 1. The number of hydrogen-bond acceptors (Lipinski definition) is 6. The molecule has 9 heteroatoms. The maximum Gasteiger partial charge on any atom is 0.247 e. The number of rotatable bonds is 7. The zero-order valence-electron chi connectivity index (χ0n) is 24.2. The van der Waals surface area contributed by atoms with E-state index in [4.69, 9.17) is 4.74 Å². The second kappa shape index (κ2) is 10.9. The molecule has 2 saturated heterocycles. The van der Waals surface area contributed by atoms with E-state index in [0.29, 0.717) is 26.2 Å². The first kappa shape index (κ1) is 28.6. The van der Waals surface area contributed by atoms with Crippen molar-refractivity contribution in [1.29, 1.82) is 0 Å². The number of thioether (sulfide) groups is 1. The Balaban J connectivity index is 1.41. The van der Waals surface area contributed by atoms with Crippen LogP contribution < -0.4 is 9.64 Å². The van der Waals surface area contributed by atoms with Crippen molar-refractivity contribution in [1.82, 2.24) is 9.80 Å². The predicted octanol–water partition coefficient (Wildman–Crippen LogP) is 3.66. The number of nitrogens with zero attached hydrogens (tertiary/aromatic N) is 3. The average Bonchev–Trinajstić information content (AvgIpc) is 3.27. The molecule has 2 aromatic carbocycles. The molecule has 1 N–H and O–H groups in total. The topological polar surface area (TPSA) is 90.4 Å². The van der Waals surface area contributed by atoms with Crippen molar-refractivity contribution >= 4 is 35.2 Å². The van der Waals surface area contributed by atoms with Crippen LogP contribution in [0.1, 0.15) is 26.3 Å². The summed E-state index contributed by atoms with van der Waals surface area (Å²) < 4.78 is 3.93. The number of fused-ring (bicyclic) bond motifs is 2. The molecule has 2 fully saturated rings. The number of amides is 3. The van der Waals surface area contributed by atoms with Gasteiger partial charge in [0, 0.05) is 30.1 Å². The van der Waals surface area contributed by atoms with Crippen molar-refractivity contribution in [2.45, 2.75) is 48.9 Å². The number of likely N-dealkylation sites (tertiary alicyclic amines) is 1. The third-order valence-corrected chi connectivity index (χ3v) is 10.8. The Hall–Kier alpha value is -3.56. The van der Waals surface area contributed by atoms with E-state index in [0.717, 1.165) is 17.0 Å². The first-order valence-corrected chi connectivity index (χ1v) is 15.4. The van der Waals surface area contributed by atoms with Crippen LogP contribution in [0.3, 0.4) is 0 Å². The van der Waals surface area contributed by atoms with Gasteiger partial charge in [0.25, 0.3) is 0 Å². The second-order valence-corrected chi connectivity index (χ2v) is 13.5.